The van der Waals surface area contributed by atoms with Crippen molar-refractivity contribution in [2.75, 3.05) is 13.2 Å². The van der Waals surface area contributed by atoms with Gasteiger partial charge in [0.2, 0.25) is 5.91 Å². The largest absolute Gasteiger partial charge is 0.466 e. The fraction of sp³-hybridized carbons (Fsp3) is 0.867. The molecule has 51 heavy (non-hydrogen) atoms. The van der Waals surface area contributed by atoms with Crippen molar-refractivity contribution >= 4 is 11.9 Å². The maximum atomic E-state index is 12.3. The monoisotopic (exact) mass is 720 g/mol. The Balaban J connectivity index is 3.56. The molecule has 6 nitrogen and oxygen atoms in total. The lowest BCUT2D eigenvalue weighted by Gasteiger charge is -2.22. The number of carbonyl (C=O) groups is 2. The number of ether oxygens (including phenoxy) is 1. The van der Waals surface area contributed by atoms with Gasteiger partial charge in [0.05, 0.1) is 25.4 Å². The van der Waals surface area contributed by atoms with Crippen molar-refractivity contribution in [2.24, 2.45) is 0 Å². The Morgan fingerprint density at radius 1 is 0.549 bits per heavy atom. The van der Waals surface area contributed by atoms with Gasteiger partial charge in [0.25, 0.3) is 0 Å². The van der Waals surface area contributed by atoms with Crippen molar-refractivity contribution in [3.8, 4) is 0 Å². The molecule has 3 N–H and O–H groups in total. The lowest BCUT2D eigenvalue weighted by Crippen LogP contribution is -2.45. The van der Waals surface area contributed by atoms with Crippen LogP contribution < -0.4 is 5.32 Å². The zero-order valence-electron chi connectivity index (χ0n) is 33.8. The van der Waals surface area contributed by atoms with Crippen molar-refractivity contribution in [3.05, 3.63) is 24.3 Å². The van der Waals surface area contributed by atoms with Gasteiger partial charge in [-0.1, -0.05) is 192 Å². The lowest BCUT2D eigenvalue weighted by atomic mass is 10.0. The van der Waals surface area contributed by atoms with Gasteiger partial charge in [-0.3, -0.25) is 9.59 Å². The van der Waals surface area contributed by atoms with E-state index in [1.54, 1.807) is 0 Å². The van der Waals surface area contributed by atoms with Crippen LogP contribution in [0.5, 0.6) is 0 Å². The number of amides is 1. The van der Waals surface area contributed by atoms with Crippen LogP contribution in [0.15, 0.2) is 24.3 Å². The molecular formula is C45H85NO5. The van der Waals surface area contributed by atoms with Crippen molar-refractivity contribution in [2.45, 2.75) is 238 Å². The molecule has 0 aromatic heterocycles. The Morgan fingerprint density at radius 3 is 1.53 bits per heavy atom. The van der Waals surface area contributed by atoms with Gasteiger partial charge >= 0.3 is 5.97 Å². The number of carbonyl (C=O) groups excluding carboxylic acids is 2. The lowest BCUT2D eigenvalue weighted by molar-refractivity contribution is -0.143. The molecule has 0 aromatic carbocycles. The van der Waals surface area contributed by atoms with E-state index in [0.29, 0.717) is 32.3 Å². The maximum absolute atomic E-state index is 12.3. The molecule has 0 saturated carbocycles. The van der Waals surface area contributed by atoms with E-state index < -0.39 is 12.1 Å². The number of rotatable bonds is 40. The van der Waals surface area contributed by atoms with Crippen LogP contribution in [0, 0.1) is 0 Å². The summed E-state index contributed by atoms with van der Waals surface area (Å²) in [5.41, 5.74) is 0. The maximum Gasteiger partial charge on any atom is 0.305 e. The van der Waals surface area contributed by atoms with Crippen molar-refractivity contribution < 1.29 is 24.5 Å². The third-order valence-corrected chi connectivity index (χ3v) is 10.0. The van der Waals surface area contributed by atoms with Gasteiger partial charge in [-0.2, -0.15) is 0 Å². The van der Waals surface area contributed by atoms with E-state index in [-0.39, 0.29) is 18.5 Å². The first-order valence-corrected chi connectivity index (χ1v) is 22.1. The summed E-state index contributed by atoms with van der Waals surface area (Å²) in [7, 11) is 0. The molecular weight excluding hydrogens is 634 g/mol. The second-order valence-corrected chi connectivity index (χ2v) is 15.0. The summed E-state index contributed by atoms with van der Waals surface area (Å²) < 4.78 is 5.42. The summed E-state index contributed by atoms with van der Waals surface area (Å²) in [5.74, 6) is -0.137. The van der Waals surface area contributed by atoms with E-state index in [0.717, 1.165) is 51.4 Å². The Labute approximate surface area is 316 Å². The van der Waals surface area contributed by atoms with Gasteiger partial charge in [-0.25, -0.2) is 0 Å². The number of nitrogens with one attached hydrogen (secondary N) is 1. The number of esters is 1. The first kappa shape index (κ1) is 49.3. The molecule has 0 heterocycles. The van der Waals surface area contributed by atoms with Crippen LogP contribution >= 0.6 is 0 Å². The molecule has 0 bridgehead atoms. The van der Waals surface area contributed by atoms with Gasteiger partial charge < -0.3 is 20.3 Å². The minimum atomic E-state index is -0.695. The normalized spacial score (nSPS) is 12.9. The molecule has 0 rings (SSSR count). The number of hydrogen-bond acceptors (Lipinski definition) is 5. The summed E-state index contributed by atoms with van der Waals surface area (Å²) in [6.45, 7) is 4.85. The number of unbranched alkanes of at least 4 members (excludes halogenated alkanes) is 25. The Morgan fingerprint density at radius 2 is 1.00 bits per heavy atom. The average Bonchev–Trinajstić information content (AvgIpc) is 3.13. The van der Waals surface area contributed by atoms with Crippen LogP contribution in [0.2, 0.25) is 0 Å². The van der Waals surface area contributed by atoms with E-state index in [1.165, 1.54) is 135 Å². The number of hydrogen-bond donors (Lipinski definition) is 3. The van der Waals surface area contributed by atoms with Crippen molar-refractivity contribution in [3.63, 3.8) is 0 Å². The standard InChI is InChI=1S/C45H85NO5/c1-3-5-7-9-11-13-18-23-27-31-35-39-45(50)51-40-36-32-28-24-20-17-15-16-19-22-26-30-34-38-44(49)46-42(41-47)43(48)37-33-29-25-21-14-12-10-8-6-4-2/h16,19,26,30,42-43,47-48H,3-15,17-18,20-25,27-29,31-41H2,1-2H3,(H,46,49)/b19-16-,30-26-. The molecule has 1 amide bonds. The molecule has 0 fully saturated rings. The van der Waals surface area contributed by atoms with Gasteiger partial charge in [-0.05, 0) is 44.9 Å². The van der Waals surface area contributed by atoms with Crippen LogP contribution in [-0.4, -0.2) is 47.4 Å². The third kappa shape index (κ3) is 37.9. The predicted molar refractivity (Wildman–Crippen MR) is 218 cm³/mol. The second kappa shape index (κ2) is 41.1. The van der Waals surface area contributed by atoms with E-state index in [9.17, 15) is 19.8 Å². The minimum Gasteiger partial charge on any atom is -0.466 e. The number of aliphatic hydroxyl groups excluding tert-OH is 2. The molecule has 6 heteroatoms. The Bertz CT molecular complexity index is 797. The van der Waals surface area contributed by atoms with Gasteiger partial charge in [-0.15, -0.1) is 0 Å². The summed E-state index contributed by atoms with van der Waals surface area (Å²) >= 11 is 0. The van der Waals surface area contributed by atoms with Gasteiger partial charge in [0, 0.05) is 12.8 Å². The van der Waals surface area contributed by atoms with E-state index in [1.807, 2.05) is 6.08 Å². The van der Waals surface area contributed by atoms with E-state index >= 15 is 0 Å². The van der Waals surface area contributed by atoms with E-state index in [4.69, 9.17) is 4.74 Å². The molecule has 0 aromatic rings. The van der Waals surface area contributed by atoms with Crippen LogP contribution in [0.4, 0.5) is 0 Å². The van der Waals surface area contributed by atoms with E-state index in [2.05, 4.69) is 37.4 Å². The average molecular weight is 720 g/mol. The zero-order valence-corrected chi connectivity index (χ0v) is 33.8. The summed E-state index contributed by atoms with van der Waals surface area (Å²) in [4.78, 5) is 24.3. The molecule has 0 saturated heterocycles. The van der Waals surface area contributed by atoms with Gasteiger partial charge in [0.15, 0.2) is 0 Å². The highest BCUT2D eigenvalue weighted by Crippen LogP contribution is 2.15. The topological polar surface area (TPSA) is 95.9 Å². The summed E-state index contributed by atoms with van der Waals surface area (Å²) in [6.07, 6.45) is 45.7. The Kier molecular flexibility index (Phi) is 39.8. The second-order valence-electron chi connectivity index (χ2n) is 15.0. The molecule has 0 aliphatic rings. The molecule has 0 aliphatic heterocycles. The predicted octanol–water partition coefficient (Wildman–Crippen LogP) is 12.4. The van der Waals surface area contributed by atoms with Crippen LogP contribution in [-0.2, 0) is 14.3 Å². The van der Waals surface area contributed by atoms with Crippen LogP contribution in [0.25, 0.3) is 0 Å². The number of aliphatic hydroxyl groups is 2. The van der Waals surface area contributed by atoms with Crippen molar-refractivity contribution in [1.82, 2.24) is 5.32 Å². The highest BCUT2D eigenvalue weighted by Gasteiger charge is 2.19. The minimum absolute atomic E-state index is 0.0183. The molecule has 0 radical (unpaired) electrons. The van der Waals surface area contributed by atoms with Crippen LogP contribution in [0.3, 0.4) is 0 Å². The first-order valence-electron chi connectivity index (χ1n) is 22.1. The van der Waals surface area contributed by atoms with Crippen LogP contribution in [0.1, 0.15) is 226 Å². The third-order valence-electron chi connectivity index (χ3n) is 10.0. The Hall–Kier alpha value is -1.66. The fourth-order valence-corrected chi connectivity index (χ4v) is 6.57. The first-order chi connectivity index (χ1) is 25.0. The molecule has 0 spiro atoms. The molecule has 0 aliphatic carbocycles. The smallest absolute Gasteiger partial charge is 0.305 e. The molecule has 2 unspecified atom stereocenters. The number of allylic oxidation sites excluding steroid dienone is 4. The zero-order chi connectivity index (χ0) is 37.3. The highest BCUT2D eigenvalue weighted by molar-refractivity contribution is 5.76. The van der Waals surface area contributed by atoms with Gasteiger partial charge in [0.1, 0.15) is 0 Å². The molecule has 300 valence electrons. The quantitative estimate of drug-likeness (QED) is 0.0333. The molecule has 2 atom stereocenters. The SMILES string of the molecule is CCCCCCCCCCCCCC(=O)OCCCCCCCC/C=C\C/C=C\CCC(=O)NC(CO)C(O)CCCCCCCCCCCC. The summed E-state index contributed by atoms with van der Waals surface area (Å²) in [5, 5.41) is 23.0. The fourth-order valence-electron chi connectivity index (χ4n) is 6.57. The summed E-state index contributed by atoms with van der Waals surface area (Å²) in [6, 6.07) is -0.582. The van der Waals surface area contributed by atoms with Crippen molar-refractivity contribution in [1.29, 1.82) is 0 Å². The highest BCUT2D eigenvalue weighted by atomic mass is 16.5.